The van der Waals surface area contributed by atoms with Crippen LogP contribution in [0.4, 0.5) is 5.69 Å². The lowest BCUT2D eigenvalue weighted by Crippen LogP contribution is -2.27. The summed E-state index contributed by atoms with van der Waals surface area (Å²) in [7, 11) is 0. The predicted octanol–water partition coefficient (Wildman–Crippen LogP) is 3.20. The number of aryl methyl sites for hydroxylation is 1. The van der Waals surface area contributed by atoms with Gasteiger partial charge in [0.05, 0.1) is 0 Å². The lowest BCUT2D eigenvalue weighted by molar-refractivity contribution is -0.120. The van der Waals surface area contributed by atoms with Gasteiger partial charge in [0.15, 0.2) is 0 Å². The third-order valence-corrected chi connectivity index (χ3v) is 3.52. The maximum atomic E-state index is 11.6. The number of amides is 1. The highest BCUT2D eigenvalue weighted by atomic mass is 16.1. The molecule has 1 aliphatic carbocycles. The fourth-order valence-corrected chi connectivity index (χ4v) is 2.24. The monoisotopic (exact) mass is 260 g/mol. The standard InChI is InChI=1S/C16H24N2O/c1-11(2)14-6-4-5-12(3)16(14)17-10-9-15(19)18-13-7-8-13/h4-6,11,13,17H,7-10H2,1-3H3,(H,18,19). The molecule has 0 radical (unpaired) electrons. The first-order valence-electron chi connectivity index (χ1n) is 7.20. The van der Waals surface area contributed by atoms with Gasteiger partial charge in [-0.1, -0.05) is 32.0 Å². The number of hydrogen-bond acceptors (Lipinski definition) is 2. The summed E-state index contributed by atoms with van der Waals surface area (Å²) in [4.78, 5) is 11.6. The van der Waals surface area contributed by atoms with Crippen LogP contribution in [0, 0.1) is 6.92 Å². The Morgan fingerprint density at radius 3 is 2.74 bits per heavy atom. The zero-order valence-corrected chi connectivity index (χ0v) is 12.1. The Morgan fingerprint density at radius 1 is 1.37 bits per heavy atom. The van der Waals surface area contributed by atoms with E-state index in [-0.39, 0.29) is 5.91 Å². The van der Waals surface area contributed by atoms with Gasteiger partial charge in [-0.2, -0.15) is 0 Å². The van der Waals surface area contributed by atoms with Gasteiger partial charge in [-0.15, -0.1) is 0 Å². The number of hydrogen-bond donors (Lipinski definition) is 2. The number of rotatable bonds is 6. The SMILES string of the molecule is Cc1cccc(C(C)C)c1NCCC(=O)NC1CC1. The first-order valence-corrected chi connectivity index (χ1v) is 7.20. The molecule has 0 spiro atoms. The second-order valence-electron chi connectivity index (χ2n) is 5.71. The molecular weight excluding hydrogens is 236 g/mol. The molecule has 2 rings (SSSR count). The molecule has 3 nitrogen and oxygen atoms in total. The zero-order valence-electron chi connectivity index (χ0n) is 12.1. The molecule has 0 aliphatic heterocycles. The van der Waals surface area contributed by atoms with Crippen molar-refractivity contribution < 1.29 is 4.79 Å². The summed E-state index contributed by atoms with van der Waals surface area (Å²) in [6, 6.07) is 6.82. The maximum Gasteiger partial charge on any atom is 0.221 e. The molecule has 0 bridgehead atoms. The van der Waals surface area contributed by atoms with E-state index < -0.39 is 0 Å². The van der Waals surface area contributed by atoms with E-state index in [0.717, 1.165) is 12.8 Å². The average Bonchev–Trinajstić information content (AvgIpc) is 3.14. The second kappa shape index (κ2) is 6.09. The molecule has 1 aromatic rings. The van der Waals surface area contributed by atoms with Crippen molar-refractivity contribution in [1.29, 1.82) is 0 Å². The quantitative estimate of drug-likeness (QED) is 0.824. The Labute approximate surface area is 115 Å². The minimum atomic E-state index is 0.162. The van der Waals surface area contributed by atoms with E-state index in [4.69, 9.17) is 0 Å². The van der Waals surface area contributed by atoms with Crippen LogP contribution in [0.5, 0.6) is 0 Å². The number of carbonyl (C=O) groups excluding carboxylic acids is 1. The van der Waals surface area contributed by atoms with Crippen LogP contribution >= 0.6 is 0 Å². The van der Waals surface area contributed by atoms with Crippen LogP contribution in [0.1, 0.15) is 50.2 Å². The van der Waals surface area contributed by atoms with Crippen LogP contribution in [0.15, 0.2) is 18.2 Å². The van der Waals surface area contributed by atoms with E-state index in [1.54, 1.807) is 0 Å². The van der Waals surface area contributed by atoms with Gasteiger partial charge in [0.2, 0.25) is 5.91 Å². The van der Waals surface area contributed by atoms with Gasteiger partial charge >= 0.3 is 0 Å². The Balaban J connectivity index is 1.89. The Morgan fingerprint density at radius 2 is 2.11 bits per heavy atom. The molecule has 104 valence electrons. The van der Waals surface area contributed by atoms with Crippen LogP contribution in [-0.2, 0) is 4.79 Å². The molecule has 1 aliphatic rings. The average molecular weight is 260 g/mol. The third kappa shape index (κ3) is 3.98. The molecule has 0 atom stereocenters. The minimum absolute atomic E-state index is 0.162. The van der Waals surface area contributed by atoms with Crippen molar-refractivity contribution in [3.05, 3.63) is 29.3 Å². The van der Waals surface area contributed by atoms with E-state index in [0.29, 0.717) is 24.9 Å². The second-order valence-corrected chi connectivity index (χ2v) is 5.71. The summed E-state index contributed by atoms with van der Waals surface area (Å²) in [5.41, 5.74) is 3.76. The van der Waals surface area contributed by atoms with E-state index >= 15 is 0 Å². The summed E-state index contributed by atoms with van der Waals surface area (Å²) in [5.74, 6) is 0.650. The molecule has 1 fully saturated rings. The van der Waals surface area contributed by atoms with E-state index in [2.05, 4.69) is 49.6 Å². The smallest absolute Gasteiger partial charge is 0.221 e. The van der Waals surface area contributed by atoms with Crippen molar-refractivity contribution in [2.24, 2.45) is 0 Å². The van der Waals surface area contributed by atoms with E-state index in [1.165, 1.54) is 16.8 Å². The van der Waals surface area contributed by atoms with E-state index in [9.17, 15) is 4.79 Å². The lowest BCUT2D eigenvalue weighted by Gasteiger charge is -2.17. The highest BCUT2D eigenvalue weighted by molar-refractivity contribution is 5.77. The van der Waals surface area contributed by atoms with Crippen molar-refractivity contribution in [3.63, 3.8) is 0 Å². The molecular formula is C16H24N2O. The fourth-order valence-electron chi connectivity index (χ4n) is 2.24. The lowest BCUT2D eigenvalue weighted by atomic mass is 9.98. The minimum Gasteiger partial charge on any atom is -0.384 e. The van der Waals surface area contributed by atoms with Crippen LogP contribution in [0.3, 0.4) is 0 Å². The Kier molecular flexibility index (Phi) is 4.46. The van der Waals surface area contributed by atoms with Crippen molar-refractivity contribution in [1.82, 2.24) is 5.32 Å². The summed E-state index contributed by atoms with van der Waals surface area (Å²) in [6.45, 7) is 7.20. The van der Waals surface area contributed by atoms with Gasteiger partial charge in [-0.3, -0.25) is 4.79 Å². The normalized spacial score (nSPS) is 14.5. The van der Waals surface area contributed by atoms with Crippen LogP contribution in [0.2, 0.25) is 0 Å². The molecule has 0 aromatic heterocycles. The van der Waals surface area contributed by atoms with Gasteiger partial charge in [0.25, 0.3) is 0 Å². The summed E-state index contributed by atoms with van der Waals surface area (Å²) in [6.07, 6.45) is 2.84. The first kappa shape index (κ1) is 13.9. The topological polar surface area (TPSA) is 41.1 Å². The Bertz CT molecular complexity index is 450. The number of para-hydroxylation sites is 1. The summed E-state index contributed by atoms with van der Waals surface area (Å²) in [5, 5.41) is 6.44. The molecule has 1 saturated carbocycles. The van der Waals surface area contributed by atoms with Crippen molar-refractivity contribution in [3.8, 4) is 0 Å². The highest BCUT2D eigenvalue weighted by Crippen LogP contribution is 2.27. The van der Waals surface area contributed by atoms with Gasteiger partial charge in [-0.05, 0) is 36.8 Å². The molecule has 0 saturated heterocycles. The van der Waals surface area contributed by atoms with Gasteiger partial charge in [-0.25, -0.2) is 0 Å². The van der Waals surface area contributed by atoms with Crippen molar-refractivity contribution >= 4 is 11.6 Å². The van der Waals surface area contributed by atoms with Crippen LogP contribution in [-0.4, -0.2) is 18.5 Å². The molecule has 0 unspecified atom stereocenters. The third-order valence-electron chi connectivity index (χ3n) is 3.52. The van der Waals surface area contributed by atoms with E-state index in [1.807, 2.05) is 0 Å². The molecule has 19 heavy (non-hydrogen) atoms. The highest BCUT2D eigenvalue weighted by Gasteiger charge is 2.22. The molecule has 1 aromatic carbocycles. The van der Waals surface area contributed by atoms with Gasteiger partial charge in [0.1, 0.15) is 0 Å². The van der Waals surface area contributed by atoms with Crippen molar-refractivity contribution in [2.75, 3.05) is 11.9 Å². The van der Waals surface area contributed by atoms with Crippen LogP contribution < -0.4 is 10.6 Å². The number of carbonyl (C=O) groups is 1. The summed E-state index contributed by atoms with van der Waals surface area (Å²) < 4.78 is 0. The first-order chi connectivity index (χ1) is 9.08. The van der Waals surface area contributed by atoms with Crippen LogP contribution in [0.25, 0.3) is 0 Å². The zero-order chi connectivity index (χ0) is 13.8. The number of benzene rings is 1. The van der Waals surface area contributed by atoms with Gasteiger partial charge in [0, 0.05) is 24.7 Å². The molecule has 2 N–H and O–H groups in total. The van der Waals surface area contributed by atoms with Gasteiger partial charge < -0.3 is 10.6 Å². The molecule has 0 heterocycles. The van der Waals surface area contributed by atoms with Crippen molar-refractivity contribution in [2.45, 2.75) is 52.0 Å². The fraction of sp³-hybridized carbons (Fsp3) is 0.562. The Hall–Kier alpha value is -1.51. The maximum absolute atomic E-state index is 11.6. The number of anilines is 1. The molecule has 3 heteroatoms. The number of nitrogens with one attached hydrogen (secondary N) is 2. The predicted molar refractivity (Wildman–Crippen MR) is 79.5 cm³/mol. The summed E-state index contributed by atoms with van der Waals surface area (Å²) >= 11 is 0. The largest absolute Gasteiger partial charge is 0.384 e. The molecule has 1 amide bonds.